The molecule has 4 nitrogen and oxygen atoms in total. The van der Waals surface area contributed by atoms with Crippen LogP contribution in [0, 0.1) is 13.8 Å². The number of pyridine rings is 1. The Labute approximate surface area is 180 Å². The molecule has 0 aliphatic heterocycles. The van der Waals surface area contributed by atoms with E-state index in [0.29, 0.717) is 23.4 Å². The Balaban J connectivity index is 1.90. The zero-order chi connectivity index (χ0) is 21.5. The number of aromatic nitrogens is 1. The lowest BCUT2D eigenvalue weighted by molar-refractivity contribution is 0.637. The Morgan fingerprint density at radius 1 is 0.903 bits per heavy atom. The van der Waals surface area contributed by atoms with Crippen LogP contribution in [-0.2, 0) is 6.54 Å². The maximum atomic E-state index is 13.6. The minimum absolute atomic E-state index is 0.0339. The Bertz CT molecular complexity index is 1470. The third-order valence-corrected chi connectivity index (χ3v) is 5.86. The molecular formula is C27H24N2O2. The largest absolute Gasteiger partial charge is 0.439 e. The van der Waals surface area contributed by atoms with Crippen LogP contribution in [0.1, 0.15) is 18.1 Å². The van der Waals surface area contributed by atoms with Crippen molar-refractivity contribution < 1.29 is 4.42 Å². The van der Waals surface area contributed by atoms with Gasteiger partial charge in [0.2, 0.25) is 5.88 Å². The predicted octanol–water partition coefficient (Wildman–Crippen LogP) is 6.80. The standard InChI is InChI=1S/C27H24N2O2/c1-4-29-22-12-8-6-10-20(22)25-24(27(29)30)23(19-15-13-17(2)14-16-19)26(31-25)28-21-11-7-5-9-18(21)3/h5-16,28H,4H2,1-3H3. The van der Waals surface area contributed by atoms with Crippen LogP contribution in [0.3, 0.4) is 0 Å². The van der Waals surface area contributed by atoms with Gasteiger partial charge in [-0.25, -0.2) is 0 Å². The summed E-state index contributed by atoms with van der Waals surface area (Å²) in [4.78, 5) is 13.6. The molecule has 0 atom stereocenters. The number of benzene rings is 3. The van der Waals surface area contributed by atoms with Crippen molar-refractivity contribution in [3.05, 3.63) is 94.3 Å². The van der Waals surface area contributed by atoms with E-state index in [1.54, 1.807) is 0 Å². The van der Waals surface area contributed by atoms with Gasteiger partial charge < -0.3 is 14.3 Å². The molecule has 0 saturated carbocycles. The van der Waals surface area contributed by atoms with E-state index in [2.05, 4.69) is 37.4 Å². The van der Waals surface area contributed by atoms with E-state index < -0.39 is 0 Å². The van der Waals surface area contributed by atoms with Crippen molar-refractivity contribution in [1.29, 1.82) is 0 Å². The first-order valence-electron chi connectivity index (χ1n) is 10.6. The highest BCUT2D eigenvalue weighted by molar-refractivity contribution is 6.11. The van der Waals surface area contributed by atoms with Crippen LogP contribution >= 0.6 is 0 Å². The third-order valence-electron chi connectivity index (χ3n) is 5.86. The van der Waals surface area contributed by atoms with Gasteiger partial charge in [-0.1, -0.05) is 60.2 Å². The second-order valence-corrected chi connectivity index (χ2v) is 7.88. The van der Waals surface area contributed by atoms with Crippen molar-refractivity contribution in [3.63, 3.8) is 0 Å². The van der Waals surface area contributed by atoms with E-state index in [1.807, 2.05) is 66.1 Å². The molecule has 0 aliphatic rings. The zero-order valence-electron chi connectivity index (χ0n) is 17.9. The summed E-state index contributed by atoms with van der Waals surface area (Å²) in [5.41, 5.74) is 6.45. The van der Waals surface area contributed by atoms with Crippen LogP contribution in [0.15, 0.2) is 82.0 Å². The van der Waals surface area contributed by atoms with Crippen LogP contribution in [-0.4, -0.2) is 4.57 Å². The Morgan fingerprint density at radius 2 is 1.61 bits per heavy atom. The highest BCUT2D eigenvalue weighted by Gasteiger charge is 2.23. The van der Waals surface area contributed by atoms with Crippen LogP contribution in [0.5, 0.6) is 0 Å². The average molecular weight is 409 g/mol. The summed E-state index contributed by atoms with van der Waals surface area (Å²) in [6.45, 7) is 6.70. The van der Waals surface area contributed by atoms with E-state index >= 15 is 0 Å². The van der Waals surface area contributed by atoms with Gasteiger partial charge in [0.05, 0.1) is 16.5 Å². The van der Waals surface area contributed by atoms with Gasteiger partial charge >= 0.3 is 0 Å². The van der Waals surface area contributed by atoms with Gasteiger partial charge in [-0.15, -0.1) is 0 Å². The lowest BCUT2D eigenvalue weighted by Gasteiger charge is -2.10. The maximum absolute atomic E-state index is 13.6. The number of anilines is 2. The fourth-order valence-electron chi connectivity index (χ4n) is 4.20. The third kappa shape index (κ3) is 3.12. The first-order chi connectivity index (χ1) is 15.1. The van der Waals surface area contributed by atoms with Crippen molar-refractivity contribution in [1.82, 2.24) is 4.57 Å². The van der Waals surface area contributed by atoms with Gasteiger partial charge in [0.25, 0.3) is 5.56 Å². The topological polar surface area (TPSA) is 47.2 Å². The SMILES string of the molecule is CCn1c(=O)c2c(-c3ccc(C)cc3)c(Nc3ccccc3C)oc2c2ccccc21. The van der Waals surface area contributed by atoms with E-state index in [1.165, 1.54) is 5.56 Å². The Kier molecular flexibility index (Phi) is 4.63. The van der Waals surface area contributed by atoms with Crippen molar-refractivity contribution >= 4 is 33.4 Å². The molecule has 0 bridgehead atoms. The Hall–Kier alpha value is -3.79. The number of para-hydroxylation sites is 2. The smallest absolute Gasteiger partial charge is 0.262 e. The van der Waals surface area contributed by atoms with Crippen molar-refractivity contribution in [3.8, 4) is 11.1 Å². The first-order valence-corrected chi connectivity index (χ1v) is 10.6. The molecule has 0 radical (unpaired) electrons. The van der Waals surface area contributed by atoms with E-state index in [-0.39, 0.29) is 5.56 Å². The summed E-state index contributed by atoms with van der Waals surface area (Å²) in [6, 6.07) is 24.2. The molecule has 0 spiro atoms. The highest BCUT2D eigenvalue weighted by atomic mass is 16.4. The second-order valence-electron chi connectivity index (χ2n) is 7.88. The van der Waals surface area contributed by atoms with E-state index in [4.69, 9.17) is 4.42 Å². The van der Waals surface area contributed by atoms with Gasteiger partial charge in [0.1, 0.15) is 0 Å². The molecular weight excluding hydrogens is 384 g/mol. The van der Waals surface area contributed by atoms with Crippen LogP contribution < -0.4 is 10.9 Å². The number of fused-ring (bicyclic) bond motifs is 3. The summed E-state index contributed by atoms with van der Waals surface area (Å²) >= 11 is 0. The summed E-state index contributed by atoms with van der Waals surface area (Å²) < 4.78 is 8.23. The number of furan rings is 1. The molecule has 2 heterocycles. The summed E-state index contributed by atoms with van der Waals surface area (Å²) in [6.07, 6.45) is 0. The molecule has 0 amide bonds. The predicted molar refractivity (Wildman–Crippen MR) is 128 cm³/mol. The first kappa shape index (κ1) is 19.2. The van der Waals surface area contributed by atoms with Crippen molar-refractivity contribution in [2.24, 2.45) is 0 Å². The number of aryl methyl sites for hydroxylation is 3. The summed E-state index contributed by atoms with van der Waals surface area (Å²) in [7, 11) is 0. The molecule has 154 valence electrons. The minimum atomic E-state index is -0.0339. The van der Waals surface area contributed by atoms with Gasteiger partial charge in [0.15, 0.2) is 5.58 Å². The molecule has 31 heavy (non-hydrogen) atoms. The molecule has 0 fully saturated rings. The summed E-state index contributed by atoms with van der Waals surface area (Å²) in [5.74, 6) is 0.587. The number of hydrogen-bond donors (Lipinski definition) is 1. The van der Waals surface area contributed by atoms with Gasteiger partial charge in [-0.05, 0) is 50.1 Å². The van der Waals surface area contributed by atoms with E-state index in [0.717, 1.165) is 33.3 Å². The minimum Gasteiger partial charge on any atom is -0.439 e. The molecule has 1 N–H and O–H groups in total. The maximum Gasteiger partial charge on any atom is 0.262 e. The number of hydrogen-bond acceptors (Lipinski definition) is 3. The molecule has 4 heteroatoms. The van der Waals surface area contributed by atoms with Crippen LogP contribution in [0.2, 0.25) is 0 Å². The molecule has 0 aliphatic carbocycles. The van der Waals surface area contributed by atoms with E-state index in [9.17, 15) is 4.79 Å². The zero-order valence-corrected chi connectivity index (χ0v) is 17.9. The van der Waals surface area contributed by atoms with Gasteiger partial charge in [0, 0.05) is 17.6 Å². The number of rotatable bonds is 4. The van der Waals surface area contributed by atoms with Crippen LogP contribution in [0.25, 0.3) is 33.0 Å². The van der Waals surface area contributed by atoms with Gasteiger partial charge in [-0.3, -0.25) is 4.79 Å². The fourth-order valence-corrected chi connectivity index (χ4v) is 4.20. The highest BCUT2D eigenvalue weighted by Crippen LogP contribution is 2.41. The molecule has 3 aromatic carbocycles. The fraction of sp³-hybridized carbons (Fsp3) is 0.148. The molecule has 2 aromatic heterocycles. The average Bonchev–Trinajstić information content (AvgIpc) is 3.16. The number of nitrogens with one attached hydrogen (secondary N) is 1. The molecule has 5 rings (SSSR count). The Morgan fingerprint density at radius 3 is 2.35 bits per heavy atom. The monoisotopic (exact) mass is 408 g/mol. The molecule has 0 unspecified atom stereocenters. The van der Waals surface area contributed by atoms with Crippen molar-refractivity contribution in [2.45, 2.75) is 27.3 Å². The normalized spacial score (nSPS) is 11.3. The van der Waals surface area contributed by atoms with Crippen LogP contribution in [0.4, 0.5) is 11.6 Å². The second kappa shape index (κ2) is 7.47. The van der Waals surface area contributed by atoms with Crippen molar-refractivity contribution in [2.75, 3.05) is 5.32 Å². The lowest BCUT2D eigenvalue weighted by atomic mass is 10.0. The molecule has 5 aromatic rings. The quantitative estimate of drug-likeness (QED) is 0.356. The van der Waals surface area contributed by atoms with Gasteiger partial charge in [-0.2, -0.15) is 0 Å². The summed E-state index contributed by atoms with van der Waals surface area (Å²) in [5, 5.41) is 5.00. The molecule has 0 saturated heterocycles. The lowest BCUT2D eigenvalue weighted by Crippen LogP contribution is -2.19. The number of nitrogens with zero attached hydrogens (tertiary/aromatic N) is 1.